The van der Waals surface area contributed by atoms with Crippen LogP contribution in [-0.2, 0) is 9.59 Å². The lowest BCUT2D eigenvalue weighted by Crippen LogP contribution is -2.43. The molecule has 0 radical (unpaired) electrons. The largest absolute Gasteiger partial charge is 0.548 e. The Kier molecular flexibility index (Phi) is 3.80. The van der Waals surface area contributed by atoms with Crippen molar-refractivity contribution in [3.05, 3.63) is 48.5 Å². The summed E-state index contributed by atoms with van der Waals surface area (Å²) in [6, 6.07) is 13.8. The highest BCUT2D eigenvalue weighted by molar-refractivity contribution is 6.05. The normalized spacial score (nSPS) is 12.2. The molecule has 0 saturated carbocycles. The third kappa shape index (κ3) is 2.91. The van der Waals surface area contributed by atoms with Crippen LogP contribution in [0.2, 0.25) is 0 Å². The third-order valence-corrected chi connectivity index (χ3v) is 3.67. The molecule has 6 heteroatoms. The number of carbonyl (C=O) groups excluding carboxylic acids is 2. The van der Waals surface area contributed by atoms with Crippen molar-refractivity contribution in [1.29, 1.82) is 0 Å². The van der Waals surface area contributed by atoms with Gasteiger partial charge in [0.15, 0.2) is 0 Å². The predicted octanol–water partition coefficient (Wildman–Crippen LogP) is 0.213. The first-order valence-corrected chi connectivity index (χ1v) is 7.14. The molecule has 0 aliphatic carbocycles. The van der Waals surface area contributed by atoms with E-state index in [0.717, 1.165) is 21.8 Å². The fourth-order valence-electron chi connectivity index (χ4n) is 2.63. The molecular formula is C17H15N3O3. The zero-order chi connectivity index (χ0) is 16.4. The van der Waals surface area contributed by atoms with E-state index in [1.165, 1.54) is 0 Å². The molecule has 1 heterocycles. The van der Waals surface area contributed by atoms with Crippen molar-refractivity contribution in [1.82, 2.24) is 0 Å². The molecule has 6 nitrogen and oxygen atoms in total. The van der Waals surface area contributed by atoms with Crippen LogP contribution in [0.4, 0.5) is 5.69 Å². The number of anilines is 1. The van der Waals surface area contributed by atoms with Crippen LogP contribution < -0.4 is 21.1 Å². The van der Waals surface area contributed by atoms with Crippen molar-refractivity contribution < 1.29 is 19.7 Å². The van der Waals surface area contributed by atoms with E-state index in [-0.39, 0.29) is 6.42 Å². The number of para-hydroxylation sites is 2. The maximum atomic E-state index is 11.3. The molecule has 23 heavy (non-hydrogen) atoms. The summed E-state index contributed by atoms with van der Waals surface area (Å²) in [6.07, 6.45) is -0.344. The van der Waals surface area contributed by atoms with Crippen LogP contribution in [-0.4, -0.2) is 17.9 Å². The van der Waals surface area contributed by atoms with Crippen molar-refractivity contribution >= 4 is 39.4 Å². The molecule has 1 atom stereocenters. The molecule has 0 aliphatic rings. The van der Waals surface area contributed by atoms with Crippen molar-refractivity contribution in [2.75, 3.05) is 5.32 Å². The number of rotatable bonds is 5. The molecular weight excluding hydrogens is 294 g/mol. The first-order valence-electron chi connectivity index (χ1n) is 7.14. The van der Waals surface area contributed by atoms with E-state index in [0.29, 0.717) is 5.69 Å². The van der Waals surface area contributed by atoms with Gasteiger partial charge in [-0.05, 0) is 12.1 Å². The lowest BCUT2D eigenvalue weighted by Gasteiger charge is -2.20. The number of primary amides is 1. The van der Waals surface area contributed by atoms with Crippen LogP contribution in [0.5, 0.6) is 0 Å². The zero-order valence-electron chi connectivity index (χ0n) is 12.2. The van der Waals surface area contributed by atoms with Gasteiger partial charge in [0, 0.05) is 12.1 Å². The Hall–Kier alpha value is -3.15. The van der Waals surface area contributed by atoms with Crippen LogP contribution in [0.1, 0.15) is 6.42 Å². The van der Waals surface area contributed by atoms with E-state index in [2.05, 4.69) is 10.3 Å². The smallest absolute Gasteiger partial charge is 0.219 e. The number of hydrogen-bond donors (Lipinski definition) is 2. The summed E-state index contributed by atoms with van der Waals surface area (Å²) in [5.41, 5.74) is 7.47. The quantitative estimate of drug-likeness (QED) is 0.657. The zero-order valence-corrected chi connectivity index (χ0v) is 12.2. The van der Waals surface area contributed by atoms with Crippen LogP contribution in [0.25, 0.3) is 21.8 Å². The van der Waals surface area contributed by atoms with Gasteiger partial charge in [0.1, 0.15) is 0 Å². The lowest BCUT2D eigenvalue weighted by atomic mass is 10.1. The van der Waals surface area contributed by atoms with Gasteiger partial charge in [-0.2, -0.15) is 0 Å². The number of H-pyrrole nitrogens is 1. The molecule has 0 unspecified atom stereocenters. The van der Waals surface area contributed by atoms with Gasteiger partial charge >= 0.3 is 0 Å². The summed E-state index contributed by atoms with van der Waals surface area (Å²) >= 11 is 0. The fraction of sp³-hybridized carbons (Fsp3) is 0.118. The number of fused-ring (bicyclic) bond motifs is 2. The second-order valence-corrected chi connectivity index (χ2v) is 5.28. The van der Waals surface area contributed by atoms with Crippen LogP contribution in [0.3, 0.4) is 0 Å². The van der Waals surface area contributed by atoms with E-state index >= 15 is 0 Å². The van der Waals surface area contributed by atoms with Gasteiger partial charge < -0.3 is 21.0 Å². The van der Waals surface area contributed by atoms with Crippen LogP contribution >= 0.6 is 0 Å². The number of carboxylic acid groups (broad SMARTS) is 1. The van der Waals surface area contributed by atoms with Gasteiger partial charge in [-0.1, -0.05) is 24.3 Å². The van der Waals surface area contributed by atoms with Gasteiger partial charge in [-0.25, -0.2) is 4.98 Å². The molecule has 0 aliphatic heterocycles. The summed E-state index contributed by atoms with van der Waals surface area (Å²) in [6.45, 7) is 0. The average Bonchev–Trinajstić information content (AvgIpc) is 2.53. The van der Waals surface area contributed by atoms with Gasteiger partial charge in [0.05, 0.1) is 34.9 Å². The fourth-order valence-corrected chi connectivity index (χ4v) is 2.63. The Labute approximate surface area is 131 Å². The monoisotopic (exact) mass is 309 g/mol. The number of benzene rings is 2. The van der Waals surface area contributed by atoms with Crippen molar-refractivity contribution in [3.8, 4) is 0 Å². The molecule has 0 saturated heterocycles. The summed E-state index contributed by atoms with van der Waals surface area (Å²) in [4.78, 5) is 25.7. The molecule has 0 spiro atoms. The van der Waals surface area contributed by atoms with Crippen molar-refractivity contribution in [3.63, 3.8) is 0 Å². The Morgan fingerprint density at radius 3 is 2.04 bits per heavy atom. The maximum absolute atomic E-state index is 11.3. The molecule has 3 rings (SSSR count). The highest BCUT2D eigenvalue weighted by Crippen LogP contribution is 2.29. The second-order valence-electron chi connectivity index (χ2n) is 5.28. The Bertz CT molecular complexity index is 854. The number of aromatic nitrogens is 1. The SMILES string of the molecule is NC(=O)C[C@H](Nc1c2ccccc2[nH+]c2ccccc12)C(=O)[O-]. The van der Waals surface area contributed by atoms with E-state index in [1.54, 1.807) is 0 Å². The van der Waals surface area contributed by atoms with E-state index in [4.69, 9.17) is 5.73 Å². The van der Waals surface area contributed by atoms with Crippen LogP contribution in [0.15, 0.2) is 48.5 Å². The molecule has 2 aromatic carbocycles. The predicted molar refractivity (Wildman–Crippen MR) is 84.2 cm³/mol. The molecule has 1 amide bonds. The standard InChI is InChI=1S/C17H15N3O3/c18-15(21)9-14(17(22)23)20-16-10-5-1-3-7-12(10)19-13-8-4-2-6-11(13)16/h1-8,14H,9H2,(H2,18,21)(H,19,20)(H,22,23)/t14-/m0/s1. The Morgan fingerprint density at radius 1 is 1.04 bits per heavy atom. The molecule has 4 N–H and O–H groups in total. The number of carboxylic acids is 1. The highest BCUT2D eigenvalue weighted by Gasteiger charge is 2.19. The number of carbonyl (C=O) groups is 2. The van der Waals surface area contributed by atoms with Crippen LogP contribution in [0, 0.1) is 0 Å². The maximum Gasteiger partial charge on any atom is 0.219 e. The van der Waals surface area contributed by atoms with Gasteiger partial charge in [-0.3, -0.25) is 4.79 Å². The number of hydrogen-bond acceptors (Lipinski definition) is 4. The summed E-state index contributed by atoms with van der Waals surface area (Å²) in [7, 11) is 0. The number of nitrogens with two attached hydrogens (primary N) is 1. The van der Waals surface area contributed by atoms with E-state index in [9.17, 15) is 14.7 Å². The number of nitrogens with one attached hydrogen (secondary N) is 2. The Morgan fingerprint density at radius 2 is 1.57 bits per heavy atom. The summed E-state index contributed by atoms with van der Waals surface area (Å²) < 4.78 is 0. The minimum Gasteiger partial charge on any atom is -0.548 e. The number of aliphatic carboxylic acids is 1. The number of aromatic amines is 1. The molecule has 0 bridgehead atoms. The minimum absolute atomic E-state index is 0.344. The first kappa shape index (κ1) is 14.8. The molecule has 3 aromatic rings. The molecule has 0 fully saturated rings. The van der Waals surface area contributed by atoms with Crippen molar-refractivity contribution in [2.45, 2.75) is 12.5 Å². The minimum atomic E-state index is -1.37. The van der Waals surface area contributed by atoms with Crippen molar-refractivity contribution in [2.24, 2.45) is 5.73 Å². The Balaban J connectivity index is 2.19. The van der Waals surface area contributed by atoms with Gasteiger partial charge in [-0.15, -0.1) is 0 Å². The van der Waals surface area contributed by atoms with E-state index < -0.39 is 17.9 Å². The number of pyridine rings is 1. The van der Waals surface area contributed by atoms with E-state index in [1.807, 2.05) is 48.5 Å². The number of amides is 1. The second kappa shape index (κ2) is 5.92. The van der Waals surface area contributed by atoms with Gasteiger partial charge in [0.25, 0.3) is 0 Å². The lowest BCUT2D eigenvalue weighted by molar-refractivity contribution is -0.310. The molecule has 1 aromatic heterocycles. The summed E-state index contributed by atoms with van der Waals surface area (Å²) in [5.74, 6) is -2.08. The topological polar surface area (TPSA) is 109 Å². The molecule has 116 valence electrons. The average molecular weight is 309 g/mol. The van der Waals surface area contributed by atoms with Gasteiger partial charge in [0.2, 0.25) is 16.9 Å². The summed E-state index contributed by atoms with van der Waals surface area (Å²) in [5, 5.41) is 15.9. The third-order valence-electron chi connectivity index (χ3n) is 3.67. The highest BCUT2D eigenvalue weighted by atomic mass is 16.4. The first-order chi connectivity index (χ1) is 11.1.